The van der Waals surface area contributed by atoms with Crippen molar-refractivity contribution in [3.05, 3.63) is 29.0 Å². The largest absolute Gasteiger partial charge is 0.480 e. The van der Waals surface area contributed by atoms with Gasteiger partial charge in [0.15, 0.2) is 0 Å². The van der Waals surface area contributed by atoms with Crippen LogP contribution in [0.25, 0.3) is 0 Å². The lowest BCUT2D eigenvalue weighted by Crippen LogP contribution is -2.39. The number of carboxylic acids is 2. The summed E-state index contributed by atoms with van der Waals surface area (Å²) in [6.07, 6.45) is 0. The molecule has 1 aromatic rings. The fourth-order valence-corrected chi connectivity index (χ4v) is 1.38. The van der Waals surface area contributed by atoms with Crippen LogP contribution in [0.4, 0.5) is 0 Å². The first-order chi connectivity index (χ1) is 8.40. The number of rotatable bonds is 5. The SMILES string of the molecule is O=C(O)CN(CC(=O)O)C(=O)c1cccc(Cl)n1. The van der Waals surface area contributed by atoms with Crippen LogP contribution in [0.5, 0.6) is 0 Å². The van der Waals surface area contributed by atoms with E-state index in [1.165, 1.54) is 18.2 Å². The highest BCUT2D eigenvalue weighted by Crippen LogP contribution is 2.07. The van der Waals surface area contributed by atoms with Gasteiger partial charge in [-0.3, -0.25) is 14.4 Å². The van der Waals surface area contributed by atoms with Crippen LogP contribution in [-0.4, -0.2) is 51.0 Å². The minimum absolute atomic E-state index is 0.0615. The number of nitrogens with zero attached hydrogens (tertiary/aromatic N) is 2. The van der Waals surface area contributed by atoms with Crippen LogP contribution in [0.3, 0.4) is 0 Å². The molecule has 0 aliphatic rings. The van der Waals surface area contributed by atoms with Crippen molar-refractivity contribution >= 4 is 29.4 Å². The van der Waals surface area contributed by atoms with Gasteiger partial charge in [0.05, 0.1) is 0 Å². The lowest BCUT2D eigenvalue weighted by Gasteiger charge is -2.17. The maximum absolute atomic E-state index is 11.8. The molecule has 0 unspecified atom stereocenters. The lowest BCUT2D eigenvalue weighted by atomic mass is 10.3. The van der Waals surface area contributed by atoms with Gasteiger partial charge in [0.2, 0.25) is 0 Å². The second-order valence-electron chi connectivity index (χ2n) is 3.29. The zero-order valence-corrected chi connectivity index (χ0v) is 9.79. The molecule has 1 rings (SSSR count). The third-order valence-electron chi connectivity index (χ3n) is 1.87. The monoisotopic (exact) mass is 272 g/mol. The minimum atomic E-state index is -1.31. The summed E-state index contributed by atoms with van der Waals surface area (Å²) in [5.41, 5.74) is -0.106. The number of amides is 1. The van der Waals surface area contributed by atoms with E-state index in [9.17, 15) is 14.4 Å². The van der Waals surface area contributed by atoms with E-state index in [1.54, 1.807) is 0 Å². The molecule has 7 nitrogen and oxygen atoms in total. The zero-order valence-electron chi connectivity index (χ0n) is 9.04. The zero-order chi connectivity index (χ0) is 13.7. The summed E-state index contributed by atoms with van der Waals surface area (Å²) >= 11 is 5.59. The summed E-state index contributed by atoms with van der Waals surface area (Å²) < 4.78 is 0. The summed E-state index contributed by atoms with van der Waals surface area (Å²) in [5.74, 6) is -3.43. The van der Waals surface area contributed by atoms with Gasteiger partial charge in [-0.05, 0) is 12.1 Å². The Morgan fingerprint density at radius 3 is 2.17 bits per heavy atom. The van der Waals surface area contributed by atoms with Gasteiger partial charge < -0.3 is 15.1 Å². The predicted molar refractivity (Wildman–Crippen MR) is 60.4 cm³/mol. The molecule has 0 atom stereocenters. The smallest absolute Gasteiger partial charge is 0.323 e. The highest BCUT2D eigenvalue weighted by atomic mass is 35.5. The van der Waals surface area contributed by atoms with Gasteiger partial charge in [-0.1, -0.05) is 17.7 Å². The van der Waals surface area contributed by atoms with E-state index in [1.807, 2.05) is 0 Å². The van der Waals surface area contributed by atoms with Gasteiger partial charge in [0.25, 0.3) is 5.91 Å². The third kappa shape index (κ3) is 4.02. The first-order valence-corrected chi connectivity index (χ1v) is 5.13. The van der Waals surface area contributed by atoms with Crippen LogP contribution < -0.4 is 0 Å². The lowest BCUT2D eigenvalue weighted by molar-refractivity contribution is -0.140. The molecule has 0 bridgehead atoms. The topological polar surface area (TPSA) is 108 Å². The fraction of sp³-hybridized carbons (Fsp3) is 0.200. The average Bonchev–Trinajstić information content (AvgIpc) is 2.26. The van der Waals surface area contributed by atoms with Crippen LogP contribution in [-0.2, 0) is 9.59 Å². The minimum Gasteiger partial charge on any atom is -0.480 e. The number of hydrogen-bond acceptors (Lipinski definition) is 4. The standard InChI is InChI=1S/C10H9ClN2O5/c11-7-3-1-2-6(12-7)10(18)13(4-8(14)15)5-9(16)17/h1-3H,4-5H2,(H,14,15)(H,16,17). The molecule has 96 valence electrons. The number of halogens is 1. The summed E-state index contributed by atoms with van der Waals surface area (Å²) in [5, 5.41) is 17.3. The van der Waals surface area contributed by atoms with E-state index in [0.717, 1.165) is 0 Å². The summed E-state index contributed by atoms with van der Waals surface area (Å²) in [7, 11) is 0. The van der Waals surface area contributed by atoms with Crippen LogP contribution in [0.15, 0.2) is 18.2 Å². The Hall–Kier alpha value is -2.15. The number of aliphatic carboxylic acids is 2. The fourth-order valence-electron chi connectivity index (χ4n) is 1.22. The van der Waals surface area contributed by atoms with Gasteiger partial charge in [0, 0.05) is 0 Å². The Morgan fingerprint density at radius 2 is 1.72 bits per heavy atom. The average molecular weight is 273 g/mol. The molecular formula is C10H9ClN2O5. The van der Waals surface area contributed by atoms with Crippen LogP contribution in [0.2, 0.25) is 5.15 Å². The molecule has 0 fully saturated rings. The quantitative estimate of drug-likeness (QED) is 0.749. The summed E-state index contributed by atoms with van der Waals surface area (Å²) in [6.45, 7) is -1.45. The maximum Gasteiger partial charge on any atom is 0.323 e. The molecule has 0 saturated carbocycles. The highest BCUT2D eigenvalue weighted by Gasteiger charge is 2.22. The summed E-state index contributed by atoms with van der Waals surface area (Å²) in [6, 6.07) is 4.23. The van der Waals surface area contributed by atoms with Crippen LogP contribution >= 0.6 is 11.6 Å². The molecule has 1 heterocycles. The second kappa shape index (κ2) is 5.97. The van der Waals surface area contributed by atoms with E-state index < -0.39 is 30.9 Å². The van der Waals surface area contributed by atoms with Gasteiger partial charge in [-0.25, -0.2) is 4.98 Å². The molecule has 1 amide bonds. The molecule has 0 aromatic carbocycles. The van der Waals surface area contributed by atoms with Crippen molar-refractivity contribution in [1.29, 1.82) is 0 Å². The molecular weight excluding hydrogens is 264 g/mol. The Bertz CT molecular complexity index is 475. The van der Waals surface area contributed by atoms with Crippen molar-refractivity contribution in [2.75, 3.05) is 13.1 Å². The molecule has 0 radical (unpaired) electrons. The first kappa shape index (κ1) is 13.9. The molecule has 0 aliphatic carbocycles. The number of carboxylic acid groups (broad SMARTS) is 2. The molecule has 8 heteroatoms. The summed E-state index contributed by atoms with van der Waals surface area (Å²) in [4.78, 5) is 37.3. The molecule has 0 aliphatic heterocycles. The van der Waals surface area contributed by atoms with Gasteiger partial charge in [0.1, 0.15) is 23.9 Å². The number of carbonyl (C=O) groups excluding carboxylic acids is 1. The second-order valence-corrected chi connectivity index (χ2v) is 3.68. The van der Waals surface area contributed by atoms with Crippen molar-refractivity contribution < 1.29 is 24.6 Å². The Morgan fingerprint density at radius 1 is 1.17 bits per heavy atom. The van der Waals surface area contributed by atoms with E-state index in [0.29, 0.717) is 4.90 Å². The van der Waals surface area contributed by atoms with Crippen molar-refractivity contribution in [1.82, 2.24) is 9.88 Å². The number of hydrogen-bond donors (Lipinski definition) is 2. The van der Waals surface area contributed by atoms with Crippen molar-refractivity contribution in [2.45, 2.75) is 0 Å². The first-order valence-electron chi connectivity index (χ1n) is 4.75. The van der Waals surface area contributed by atoms with E-state index in [-0.39, 0.29) is 10.8 Å². The van der Waals surface area contributed by atoms with E-state index in [2.05, 4.69) is 4.98 Å². The molecule has 18 heavy (non-hydrogen) atoms. The highest BCUT2D eigenvalue weighted by molar-refractivity contribution is 6.29. The third-order valence-corrected chi connectivity index (χ3v) is 2.08. The number of aromatic nitrogens is 1. The van der Waals surface area contributed by atoms with Crippen LogP contribution in [0.1, 0.15) is 10.5 Å². The van der Waals surface area contributed by atoms with E-state index >= 15 is 0 Å². The number of pyridine rings is 1. The maximum atomic E-state index is 11.8. The molecule has 0 spiro atoms. The Labute approximate surface area is 107 Å². The number of carbonyl (C=O) groups is 3. The van der Waals surface area contributed by atoms with Gasteiger partial charge >= 0.3 is 11.9 Å². The van der Waals surface area contributed by atoms with Crippen molar-refractivity contribution in [3.63, 3.8) is 0 Å². The molecule has 1 aromatic heterocycles. The van der Waals surface area contributed by atoms with Gasteiger partial charge in [-0.2, -0.15) is 0 Å². The molecule has 2 N–H and O–H groups in total. The van der Waals surface area contributed by atoms with E-state index in [4.69, 9.17) is 21.8 Å². The predicted octanol–water partition coefficient (Wildman–Crippen LogP) is 0.346. The normalized spacial score (nSPS) is 9.83. The Kier molecular flexibility index (Phi) is 4.61. The van der Waals surface area contributed by atoms with Gasteiger partial charge in [-0.15, -0.1) is 0 Å². The van der Waals surface area contributed by atoms with Crippen molar-refractivity contribution in [3.8, 4) is 0 Å². The van der Waals surface area contributed by atoms with Crippen LogP contribution in [0, 0.1) is 0 Å². The molecule has 0 saturated heterocycles. The van der Waals surface area contributed by atoms with Crippen molar-refractivity contribution in [2.24, 2.45) is 0 Å². The Balaban J connectivity index is 2.94.